The molecule has 2 aliphatic heterocycles. The molecule has 0 saturated carbocycles. The van der Waals surface area contributed by atoms with E-state index in [2.05, 4.69) is 0 Å². The third-order valence-electron chi connectivity index (χ3n) is 3.98. The molecule has 3 rings (SSSR count). The van der Waals surface area contributed by atoms with Crippen LogP contribution in [-0.4, -0.2) is 47.4 Å². The van der Waals surface area contributed by atoms with Crippen LogP contribution < -0.4 is 0 Å². The van der Waals surface area contributed by atoms with Gasteiger partial charge in [-0.3, -0.25) is 14.5 Å². The summed E-state index contributed by atoms with van der Waals surface area (Å²) in [4.78, 5) is 43.4. The molecule has 1 aromatic rings. The summed E-state index contributed by atoms with van der Waals surface area (Å²) in [7, 11) is 1.84. The molecule has 0 spiro atoms. The summed E-state index contributed by atoms with van der Waals surface area (Å²) in [6, 6.07) is 6.05. The molecule has 0 aromatic heterocycles. The molecule has 2 aliphatic rings. The lowest BCUT2D eigenvalue weighted by atomic mass is 10.0. The Morgan fingerprint density at radius 3 is 2.33 bits per heavy atom. The normalized spacial score (nSPS) is 22.3. The van der Waals surface area contributed by atoms with Gasteiger partial charge in [0.05, 0.1) is 11.1 Å². The number of hydroxylamine groups is 2. The van der Waals surface area contributed by atoms with Crippen molar-refractivity contribution in [2.75, 3.05) is 13.6 Å². The molecular weight excluding hydrogens is 272 g/mol. The molecule has 2 amide bonds. The van der Waals surface area contributed by atoms with Gasteiger partial charge in [0, 0.05) is 0 Å². The van der Waals surface area contributed by atoms with Crippen molar-refractivity contribution >= 4 is 17.8 Å². The van der Waals surface area contributed by atoms with Crippen LogP contribution >= 0.6 is 0 Å². The highest BCUT2D eigenvalue weighted by atomic mass is 16.7. The van der Waals surface area contributed by atoms with Gasteiger partial charge in [0.25, 0.3) is 11.8 Å². The van der Waals surface area contributed by atoms with Gasteiger partial charge in [0.15, 0.2) is 0 Å². The maximum atomic E-state index is 12.2. The topological polar surface area (TPSA) is 66.9 Å². The predicted molar refractivity (Wildman–Crippen MR) is 73.3 cm³/mol. The predicted octanol–water partition coefficient (Wildman–Crippen LogP) is 1.23. The number of piperidine rings is 1. The molecule has 110 valence electrons. The number of fused-ring (bicyclic) bond motifs is 1. The molecule has 0 N–H and O–H groups in total. The smallest absolute Gasteiger partial charge is 0.328 e. The first-order valence-corrected chi connectivity index (χ1v) is 6.99. The van der Waals surface area contributed by atoms with Gasteiger partial charge in [-0.25, -0.2) is 4.79 Å². The van der Waals surface area contributed by atoms with E-state index in [1.54, 1.807) is 24.3 Å². The Bertz CT molecular complexity index is 578. The molecule has 2 heterocycles. The summed E-state index contributed by atoms with van der Waals surface area (Å²) >= 11 is 0. The van der Waals surface area contributed by atoms with Crippen molar-refractivity contribution in [2.24, 2.45) is 0 Å². The minimum atomic E-state index is -0.581. The second-order valence-electron chi connectivity index (χ2n) is 5.35. The quantitative estimate of drug-likeness (QED) is 0.766. The van der Waals surface area contributed by atoms with Crippen LogP contribution in [0.15, 0.2) is 24.3 Å². The first kappa shape index (κ1) is 13.8. The Morgan fingerprint density at radius 1 is 1.14 bits per heavy atom. The van der Waals surface area contributed by atoms with E-state index in [9.17, 15) is 14.4 Å². The maximum absolute atomic E-state index is 12.2. The number of hydrogen-bond acceptors (Lipinski definition) is 5. The standard InChI is InChI=1S/C15H16N2O4/c1-16-9-5-4-8-12(16)15(20)21-17-13(18)10-6-2-3-7-11(10)14(17)19/h2-3,6-7,12H,4-5,8-9H2,1H3/t12-/m1/s1. The number of likely N-dealkylation sites (tertiary alicyclic amines) is 1. The lowest BCUT2D eigenvalue weighted by Gasteiger charge is -2.30. The molecule has 1 saturated heterocycles. The lowest BCUT2D eigenvalue weighted by Crippen LogP contribution is -2.46. The second-order valence-corrected chi connectivity index (χ2v) is 5.35. The van der Waals surface area contributed by atoms with Crippen LogP contribution in [0.2, 0.25) is 0 Å². The fourth-order valence-corrected chi connectivity index (χ4v) is 2.77. The Hall–Kier alpha value is -2.21. The Kier molecular flexibility index (Phi) is 3.47. The van der Waals surface area contributed by atoms with Crippen molar-refractivity contribution in [1.82, 2.24) is 9.96 Å². The molecule has 1 aromatic carbocycles. The number of likely N-dealkylation sites (N-methyl/N-ethyl adjacent to an activating group) is 1. The van der Waals surface area contributed by atoms with Crippen molar-refractivity contribution in [1.29, 1.82) is 0 Å². The van der Waals surface area contributed by atoms with E-state index in [-0.39, 0.29) is 11.1 Å². The van der Waals surface area contributed by atoms with E-state index in [0.717, 1.165) is 19.4 Å². The summed E-state index contributed by atoms with van der Waals surface area (Å²) in [6.45, 7) is 0.807. The van der Waals surface area contributed by atoms with Gasteiger partial charge < -0.3 is 4.84 Å². The SMILES string of the molecule is CN1CCCC[C@@H]1C(=O)ON1C(=O)c2ccccc2C1=O. The van der Waals surface area contributed by atoms with Crippen molar-refractivity contribution in [3.63, 3.8) is 0 Å². The number of nitrogens with zero attached hydrogens (tertiary/aromatic N) is 2. The van der Waals surface area contributed by atoms with Gasteiger partial charge in [-0.15, -0.1) is 0 Å². The third-order valence-corrected chi connectivity index (χ3v) is 3.98. The molecule has 0 unspecified atom stereocenters. The zero-order valence-electron chi connectivity index (χ0n) is 11.7. The highest BCUT2D eigenvalue weighted by Crippen LogP contribution is 2.24. The monoisotopic (exact) mass is 288 g/mol. The number of amides is 2. The Morgan fingerprint density at radius 2 is 1.76 bits per heavy atom. The summed E-state index contributed by atoms with van der Waals surface area (Å²) in [6.07, 6.45) is 2.65. The van der Waals surface area contributed by atoms with E-state index in [1.807, 2.05) is 11.9 Å². The van der Waals surface area contributed by atoms with E-state index < -0.39 is 23.8 Å². The molecular formula is C15H16N2O4. The first-order valence-electron chi connectivity index (χ1n) is 6.99. The fraction of sp³-hybridized carbons (Fsp3) is 0.400. The Labute approximate surface area is 122 Å². The van der Waals surface area contributed by atoms with E-state index >= 15 is 0 Å². The van der Waals surface area contributed by atoms with Gasteiger partial charge in [-0.2, -0.15) is 0 Å². The minimum absolute atomic E-state index is 0.271. The van der Waals surface area contributed by atoms with Gasteiger partial charge >= 0.3 is 5.97 Å². The number of benzene rings is 1. The molecule has 0 aliphatic carbocycles. The van der Waals surface area contributed by atoms with E-state index in [4.69, 9.17) is 4.84 Å². The third kappa shape index (κ3) is 2.31. The minimum Gasteiger partial charge on any atom is -0.328 e. The number of carbonyl (C=O) groups is 3. The van der Waals surface area contributed by atoms with Crippen LogP contribution in [-0.2, 0) is 9.63 Å². The average molecular weight is 288 g/mol. The van der Waals surface area contributed by atoms with Crippen molar-refractivity contribution in [3.05, 3.63) is 35.4 Å². The largest absolute Gasteiger partial charge is 0.350 e. The molecule has 0 radical (unpaired) electrons. The van der Waals surface area contributed by atoms with Crippen LogP contribution in [0.3, 0.4) is 0 Å². The first-order chi connectivity index (χ1) is 10.1. The van der Waals surface area contributed by atoms with Crippen molar-refractivity contribution in [2.45, 2.75) is 25.3 Å². The number of imide groups is 1. The fourth-order valence-electron chi connectivity index (χ4n) is 2.77. The van der Waals surface area contributed by atoms with Gasteiger partial charge in [0.2, 0.25) is 0 Å². The Balaban J connectivity index is 1.76. The van der Waals surface area contributed by atoms with E-state index in [1.165, 1.54) is 0 Å². The highest BCUT2D eigenvalue weighted by molar-refractivity contribution is 6.20. The van der Waals surface area contributed by atoms with Crippen LogP contribution in [0.1, 0.15) is 40.0 Å². The zero-order valence-corrected chi connectivity index (χ0v) is 11.7. The second kappa shape index (κ2) is 5.29. The van der Waals surface area contributed by atoms with Crippen molar-refractivity contribution in [3.8, 4) is 0 Å². The molecule has 1 fully saturated rings. The molecule has 0 bridgehead atoms. The number of hydrogen-bond donors (Lipinski definition) is 0. The number of carbonyl (C=O) groups excluding carboxylic acids is 3. The average Bonchev–Trinajstić information content (AvgIpc) is 2.73. The highest BCUT2D eigenvalue weighted by Gasteiger charge is 2.40. The lowest BCUT2D eigenvalue weighted by molar-refractivity contribution is -0.175. The number of rotatable bonds is 2. The van der Waals surface area contributed by atoms with Crippen molar-refractivity contribution < 1.29 is 19.2 Å². The maximum Gasteiger partial charge on any atom is 0.350 e. The summed E-state index contributed by atoms with van der Waals surface area (Å²) in [5.41, 5.74) is 0.541. The van der Waals surface area contributed by atoms with Crippen LogP contribution in [0, 0.1) is 0 Å². The van der Waals surface area contributed by atoms with Gasteiger partial charge in [-0.1, -0.05) is 23.6 Å². The molecule has 1 atom stereocenters. The summed E-state index contributed by atoms with van der Waals surface area (Å²) < 4.78 is 0. The van der Waals surface area contributed by atoms with Crippen LogP contribution in [0.5, 0.6) is 0 Å². The molecule has 21 heavy (non-hydrogen) atoms. The van der Waals surface area contributed by atoms with Crippen LogP contribution in [0.25, 0.3) is 0 Å². The van der Waals surface area contributed by atoms with E-state index in [0.29, 0.717) is 11.5 Å². The summed E-state index contributed by atoms with van der Waals surface area (Å²) in [5, 5.41) is 0.579. The zero-order chi connectivity index (χ0) is 15.0. The summed E-state index contributed by atoms with van der Waals surface area (Å²) in [5.74, 6) is -1.71. The molecule has 6 nitrogen and oxygen atoms in total. The molecule has 6 heteroatoms. The van der Waals surface area contributed by atoms with Crippen LogP contribution in [0.4, 0.5) is 0 Å². The van der Waals surface area contributed by atoms with Gasteiger partial charge in [-0.05, 0) is 38.6 Å². The van der Waals surface area contributed by atoms with Gasteiger partial charge in [0.1, 0.15) is 6.04 Å².